The molecule has 0 unspecified atom stereocenters. The molecule has 4 N–H and O–H groups in total. The van der Waals surface area contributed by atoms with Gasteiger partial charge in [0.2, 0.25) is 5.95 Å². The molecule has 5 heteroatoms. The maximum Gasteiger partial charge on any atom is 0.261 e. The Morgan fingerprint density at radius 1 is 1.67 bits per heavy atom. The molecule has 0 amide bonds. The largest absolute Gasteiger partial charge is 0.369 e. The molecular formula is C10H16N4O. The monoisotopic (exact) mass is 208 g/mol. The first-order valence-electron chi connectivity index (χ1n) is 4.76. The Balaban J connectivity index is 2.93. The zero-order valence-corrected chi connectivity index (χ0v) is 8.97. The van der Waals surface area contributed by atoms with E-state index in [2.05, 4.69) is 4.98 Å². The Bertz CT molecular complexity index is 420. The van der Waals surface area contributed by atoms with E-state index in [4.69, 9.17) is 11.5 Å². The van der Waals surface area contributed by atoms with E-state index in [1.165, 1.54) is 10.8 Å². The van der Waals surface area contributed by atoms with Gasteiger partial charge in [0, 0.05) is 19.3 Å². The van der Waals surface area contributed by atoms with Gasteiger partial charge < -0.3 is 11.5 Å². The van der Waals surface area contributed by atoms with E-state index in [1.54, 1.807) is 13.1 Å². The highest BCUT2D eigenvalue weighted by Gasteiger charge is 2.01. The summed E-state index contributed by atoms with van der Waals surface area (Å²) in [5.41, 5.74) is 11.4. The van der Waals surface area contributed by atoms with Crippen LogP contribution in [0, 0.1) is 0 Å². The predicted molar refractivity (Wildman–Crippen MR) is 61.2 cm³/mol. The van der Waals surface area contributed by atoms with Crippen molar-refractivity contribution in [2.75, 3.05) is 5.73 Å². The van der Waals surface area contributed by atoms with E-state index in [0.717, 1.165) is 6.42 Å². The molecule has 82 valence electrons. The molecule has 0 aliphatic rings. The third kappa shape index (κ3) is 2.92. The number of aromatic nitrogens is 2. The van der Waals surface area contributed by atoms with Crippen LogP contribution in [0.1, 0.15) is 18.9 Å². The van der Waals surface area contributed by atoms with Gasteiger partial charge in [-0.25, -0.2) is 4.98 Å². The molecule has 0 bridgehead atoms. The fourth-order valence-corrected chi connectivity index (χ4v) is 1.10. The second-order valence-electron chi connectivity index (χ2n) is 3.55. The van der Waals surface area contributed by atoms with Crippen molar-refractivity contribution in [1.82, 2.24) is 9.55 Å². The molecule has 1 aromatic heterocycles. The summed E-state index contributed by atoms with van der Waals surface area (Å²) in [6, 6.07) is 0.0897. The van der Waals surface area contributed by atoms with Crippen molar-refractivity contribution < 1.29 is 0 Å². The molecule has 0 saturated heterocycles. The molecule has 15 heavy (non-hydrogen) atoms. The second kappa shape index (κ2) is 4.75. The number of anilines is 1. The minimum Gasteiger partial charge on any atom is -0.369 e. The van der Waals surface area contributed by atoms with Crippen LogP contribution in [-0.4, -0.2) is 15.6 Å². The van der Waals surface area contributed by atoms with Crippen LogP contribution < -0.4 is 17.0 Å². The lowest BCUT2D eigenvalue weighted by atomic mass is 10.2. The van der Waals surface area contributed by atoms with E-state index in [1.807, 2.05) is 13.0 Å². The van der Waals surface area contributed by atoms with E-state index in [9.17, 15) is 4.79 Å². The maximum absolute atomic E-state index is 11.6. The van der Waals surface area contributed by atoms with Crippen molar-refractivity contribution in [2.45, 2.75) is 19.4 Å². The summed E-state index contributed by atoms with van der Waals surface area (Å²) >= 11 is 0. The first-order chi connectivity index (χ1) is 7.02. The summed E-state index contributed by atoms with van der Waals surface area (Å²) in [4.78, 5) is 15.5. The third-order valence-corrected chi connectivity index (χ3v) is 2.04. The average molecular weight is 208 g/mol. The molecule has 1 heterocycles. The minimum atomic E-state index is -0.150. The van der Waals surface area contributed by atoms with E-state index < -0.39 is 0 Å². The zero-order chi connectivity index (χ0) is 11.4. The van der Waals surface area contributed by atoms with Gasteiger partial charge in [0.25, 0.3) is 5.56 Å². The number of nitrogens with two attached hydrogens (primary N) is 2. The van der Waals surface area contributed by atoms with Crippen LogP contribution in [0.5, 0.6) is 0 Å². The minimum absolute atomic E-state index is 0.0897. The van der Waals surface area contributed by atoms with Gasteiger partial charge in [-0.15, -0.1) is 0 Å². The summed E-state index contributed by atoms with van der Waals surface area (Å²) in [5.74, 6) is 0.212. The smallest absolute Gasteiger partial charge is 0.261 e. The second-order valence-corrected chi connectivity index (χ2v) is 3.55. The van der Waals surface area contributed by atoms with Crippen molar-refractivity contribution >= 4 is 12.0 Å². The maximum atomic E-state index is 11.6. The van der Waals surface area contributed by atoms with E-state index >= 15 is 0 Å². The summed E-state index contributed by atoms with van der Waals surface area (Å²) in [6.45, 7) is 1.91. The highest BCUT2D eigenvalue weighted by atomic mass is 16.1. The Morgan fingerprint density at radius 2 is 2.33 bits per heavy atom. The fraction of sp³-hybridized carbons (Fsp3) is 0.400. The number of hydrogen-bond donors (Lipinski definition) is 2. The predicted octanol–water partition coefficient (Wildman–Crippen LogP) is 0.113. The average Bonchev–Trinajstić information content (AvgIpc) is 2.18. The molecule has 0 aliphatic heterocycles. The topological polar surface area (TPSA) is 86.9 Å². The van der Waals surface area contributed by atoms with Crippen LogP contribution in [-0.2, 0) is 7.05 Å². The number of rotatable bonds is 3. The molecule has 0 aromatic carbocycles. The van der Waals surface area contributed by atoms with Gasteiger partial charge in [0.1, 0.15) is 0 Å². The molecule has 1 aromatic rings. The van der Waals surface area contributed by atoms with Gasteiger partial charge in [-0.1, -0.05) is 12.2 Å². The quantitative estimate of drug-likeness (QED) is 0.738. The molecule has 0 spiro atoms. The summed E-state index contributed by atoms with van der Waals surface area (Å²) in [5, 5.41) is 0. The standard InChI is InChI=1S/C10H16N4O/c1-7(11)4-3-5-8-6-13-10(12)14(2)9(8)15/h3,5-7H,4,11H2,1-2H3,(H2,12,13)/b5-3+/t7-/m0/s1. The first-order valence-corrected chi connectivity index (χ1v) is 4.76. The van der Waals surface area contributed by atoms with Gasteiger partial charge >= 0.3 is 0 Å². The van der Waals surface area contributed by atoms with Gasteiger partial charge in [-0.3, -0.25) is 9.36 Å². The summed E-state index contributed by atoms with van der Waals surface area (Å²) in [7, 11) is 1.59. The van der Waals surface area contributed by atoms with Crippen LogP contribution in [0.2, 0.25) is 0 Å². The Hall–Kier alpha value is -1.62. The van der Waals surface area contributed by atoms with Crippen LogP contribution >= 0.6 is 0 Å². The highest BCUT2D eigenvalue weighted by Crippen LogP contribution is 1.98. The molecule has 0 radical (unpaired) electrons. The van der Waals surface area contributed by atoms with Gasteiger partial charge in [-0.05, 0) is 13.3 Å². The molecular weight excluding hydrogens is 192 g/mol. The zero-order valence-electron chi connectivity index (χ0n) is 8.97. The van der Waals surface area contributed by atoms with E-state index in [0.29, 0.717) is 5.56 Å². The van der Waals surface area contributed by atoms with Crippen LogP contribution in [0.25, 0.3) is 6.08 Å². The fourth-order valence-electron chi connectivity index (χ4n) is 1.10. The number of nitrogens with zero attached hydrogens (tertiary/aromatic N) is 2. The molecule has 1 atom stereocenters. The SMILES string of the molecule is C[C@H](N)C/C=C/c1cnc(N)n(C)c1=O. The Labute approximate surface area is 88.4 Å². The molecule has 5 nitrogen and oxygen atoms in total. The van der Waals surface area contributed by atoms with Crippen molar-refractivity contribution in [3.05, 3.63) is 28.2 Å². The van der Waals surface area contributed by atoms with Crippen LogP contribution in [0.3, 0.4) is 0 Å². The van der Waals surface area contributed by atoms with Gasteiger partial charge in [0.15, 0.2) is 0 Å². The molecule has 0 saturated carbocycles. The Kier molecular flexibility index (Phi) is 3.62. The van der Waals surface area contributed by atoms with E-state index in [-0.39, 0.29) is 17.5 Å². The summed E-state index contributed by atoms with van der Waals surface area (Å²) in [6.07, 6.45) is 5.78. The first kappa shape index (κ1) is 11.5. The van der Waals surface area contributed by atoms with Crippen molar-refractivity contribution in [3.8, 4) is 0 Å². The van der Waals surface area contributed by atoms with Crippen LogP contribution in [0.15, 0.2) is 17.1 Å². The Morgan fingerprint density at radius 3 is 2.93 bits per heavy atom. The van der Waals surface area contributed by atoms with Crippen LogP contribution in [0.4, 0.5) is 5.95 Å². The lowest BCUT2D eigenvalue weighted by Gasteiger charge is -2.02. The summed E-state index contributed by atoms with van der Waals surface area (Å²) < 4.78 is 1.31. The highest BCUT2D eigenvalue weighted by molar-refractivity contribution is 5.47. The lowest BCUT2D eigenvalue weighted by molar-refractivity contribution is 0.758. The van der Waals surface area contributed by atoms with Crippen molar-refractivity contribution in [1.29, 1.82) is 0 Å². The van der Waals surface area contributed by atoms with Crippen molar-refractivity contribution in [3.63, 3.8) is 0 Å². The van der Waals surface area contributed by atoms with Gasteiger partial charge in [0.05, 0.1) is 5.56 Å². The van der Waals surface area contributed by atoms with Gasteiger partial charge in [-0.2, -0.15) is 0 Å². The lowest BCUT2D eigenvalue weighted by Crippen LogP contribution is -2.22. The third-order valence-electron chi connectivity index (χ3n) is 2.04. The number of hydrogen-bond acceptors (Lipinski definition) is 4. The molecule has 0 fully saturated rings. The molecule has 0 aliphatic carbocycles. The molecule has 1 rings (SSSR count). The normalized spacial score (nSPS) is 13.3. The number of nitrogen functional groups attached to an aromatic ring is 1. The van der Waals surface area contributed by atoms with Crippen molar-refractivity contribution in [2.24, 2.45) is 12.8 Å².